The molecule has 1 aliphatic rings. The first-order valence-corrected chi connectivity index (χ1v) is 7.30. The fourth-order valence-corrected chi connectivity index (χ4v) is 2.35. The van der Waals surface area contributed by atoms with Crippen LogP contribution in [-0.4, -0.2) is 36.4 Å². The van der Waals surface area contributed by atoms with Gasteiger partial charge >= 0.3 is 7.25 Å². The Bertz CT molecular complexity index is 500. The molecule has 0 bridgehead atoms. The average Bonchev–Trinajstić information content (AvgIpc) is 2.47. The monoisotopic (exact) mass is 317 g/mol. The van der Waals surface area contributed by atoms with Crippen molar-refractivity contribution in [2.24, 2.45) is 0 Å². The number of piperidine rings is 1. The second-order valence-corrected chi connectivity index (χ2v) is 5.24. The van der Waals surface area contributed by atoms with Crippen molar-refractivity contribution in [3.63, 3.8) is 0 Å². The Labute approximate surface area is 128 Å². The summed E-state index contributed by atoms with van der Waals surface area (Å²) in [6.07, 6.45) is 4.41. The number of hydrogen-bond acceptors (Lipinski definition) is 1. The molecule has 1 aliphatic heterocycles. The molecule has 0 unspecified atom stereocenters. The van der Waals surface area contributed by atoms with Crippen LogP contribution in [-0.2, 0) is 0 Å². The van der Waals surface area contributed by atoms with E-state index in [0.717, 1.165) is 18.7 Å². The topological polar surface area (TPSA) is 20.1 Å². The van der Waals surface area contributed by atoms with Gasteiger partial charge in [-0.15, -0.1) is 0 Å². The molecule has 0 saturated carbocycles. The Morgan fingerprint density at radius 3 is 2.05 bits per heavy atom. The highest BCUT2D eigenvalue weighted by Gasteiger charge is 2.20. The number of Topliss-reactive ketones (excluding diaryl/α,β-unsaturated/α-hetero) is 1. The van der Waals surface area contributed by atoms with Crippen LogP contribution in [0.15, 0.2) is 30.3 Å². The maximum Gasteiger partial charge on any atom is 0.673 e. The Morgan fingerprint density at radius 1 is 1.05 bits per heavy atom. The van der Waals surface area contributed by atoms with Crippen molar-refractivity contribution in [1.82, 2.24) is 0 Å². The number of hydrogen-bond donors (Lipinski definition) is 0. The Kier molecular flexibility index (Phi) is 7.28. The van der Waals surface area contributed by atoms with Crippen LogP contribution >= 0.6 is 0 Å². The van der Waals surface area contributed by atoms with E-state index in [4.69, 9.17) is 0 Å². The van der Waals surface area contributed by atoms with E-state index in [1.165, 1.54) is 25.0 Å². The summed E-state index contributed by atoms with van der Waals surface area (Å²) in [7, 11) is -6.00. The molecule has 0 atom stereocenters. The molecule has 1 saturated heterocycles. The number of halogens is 4. The van der Waals surface area contributed by atoms with Gasteiger partial charge in [-0.1, -0.05) is 30.3 Å². The second kappa shape index (κ2) is 8.71. The second-order valence-electron chi connectivity index (χ2n) is 5.24. The minimum absolute atomic E-state index is 0.230. The molecule has 1 aromatic carbocycles. The van der Waals surface area contributed by atoms with Gasteiger partial charge in [0.05, 0.1) is 6.42 Å². The van der Waals surface area contributed by atoms with Gasteiger partial charge in [-0.25, -0.2) is 4.58 Å². The zero-order valence-electron chi connectivity index (χ0n) is 12.6. The van der Waals surface area contributed by atoms with E-state index in [1.54, 1.807) is 0 Å². The lowest BCUT2D eigenvalue weighted by Crippen LogP contribution is -2.27. The standard InChI is InChI=1S/C15H20NO.BF4/c1-13(16-10-6-3-7-11-16)12-15(17)14-8-4-2-5-9-14;2-1(3,4)5/h2,4-5,8-9H,3,6-7,10-12H2,1H3;/q+1;-1. The van der Waals surface area contributed by atoms with Crippen LogP contribution in [0.1, 0.15) is 43.0 Å². The molecule has 0 amide bonds. The van der Waals surface area contributed by atoms with Crippen molar-refractivity contribution < 1.29 is 26.6 Å². The number of carbonyl (C=O) groups excluding carboxylic acids is 1. The first kappa shape index (κ1) is 18.4. The van der Waals surface area contributed by atoms with E-state index in [-0.39, 0.29) is 5.78 Å². The quantitative estimate of drug-likeness (QED) is 0.354. The van der Waals surface area contributed by atoms with Gasteiger partial charge in [0.25, 0.3) is 0 Å². The molecular weight excluding hydrogens is 297 g/mol. The summed E-state index contributed by atoms with van der Waals surface area (Å²) < 4.78 is 41.4. The number of carbonyl (C=O) groups is 1. The highest BCUT2D eigenvalue weighted by Crippen LogP contribution is 2.08. The van der Waals surface area contributed by atoms with Crippen molar-refractivity contribution in [3.05, 3.63) is 35.9 Å². The maximum absolute atomic E-state index is 12.1. The predicted molar refractivity (Wildman–Crippen MR) is 80.1 cm³/mol. The number of ketones is 1. The maximum atomic E-state index is 12.1. The molecule has 22 heavy (non-hydrogen) atoms. The first-order valence-electron chi connectivity index (χ1n) is 7.30. The fraction of sp³-hybridized carbons (Fsp3) is 0.467. The van der Waals surface area contributed by atoms with E-state index in [0.29, 0.717) is 6.42 Å². The van der Waals surface area contributed by atoms with Crippen molar-refractivity contribution in [2.75, 3.05) is 13.1 Å². The zero-order valence-corrected chi connectivity index (χ0v) is 12.6. The molecule has 0 N–H and O–H groups in total. The van der Waals surface area contributed by atoms with Gasteiger partial charge in [-0.3, -0.25) is 4.79 Å². The zero-order chi connectivity index (χ0) is 16.6. The lowest BCUT2D eigenvalue weighted by atomic mass is 10.1. The summed E-state index contributed by atoms with van der Waals surface area (Å²) in [5.74, 6) is 0.230. The van der Waals surface area contributed by atoms with E-state index in [9.17, 15) is 22.1 Å². The molecule has 0 aliphatic carbocycles. The van der Waals surface area contributed by atoms with Gasteiger partial charge in [0.2, 0.25) is 0 Å². The lowest BCUT2D eigenvalue weighted by Gasteiger charge is -2.12. The summed E-state index contributed by atoms with van der Waals surface area (Å²) in [6, 6.07) is 9.57. The number of nitrogens with zero attached hydrogens (tertiary/aromatic N) is 1. The largest absolute Gasteiger partial charge is 0.673 e. The van der Waals surface area contributed by atoms with Gasteiger partial charge in [0, 0.05) is 25.3 Å². The van der Waals surface area contributed by atoms with Crippen molar-refractivity contribution in [2.45, 2.75) is 32.6 Å². The molecule has 1 aromatic rings. The highest BCUT2D eigenvalue weighted by atomic mass is 19.5. The smallest absolute Gasteiger partial charge is 0.418 e. The molecular formula is C15H20BF4NO. The predicted octanol–water partition coefficient (Wildman–Crippen LogP) is 4.22. The van der Waals surface area contributed by atoms with Crippen LogP contribution in [0.3, 0.4) is 0 Å². The molecule has 1 heterocycles. The van der Waals surface area contributed by atoms with Crippen molar-refractivity contribution >= 4 is 18.7 Å². The summed E-state index contributed by atoms with van der Waals surface area (Å²) in [5.41, 5.74) is 2.04. The van der Waals surface area contributed by atoms with Crippen molar-refractivity contribution in [3.8, 4) is 0 Å². The van der Waals surface area contributed by atoms with Crippen LogP contribution in [0.4, 0.5) is 17.3 Å². The van der Waals surface area contributed by atoms with E-state index >= 15 is 0 Å². The molecule has 7 heteroatoms. The summed E-state index contributed by atoms with van der Waals surface area (Å²) >= 11 is 0. The minimum atomic E-state index is -6.00. The van der Waals surface area contributed by atoms with E-state index < -0.39 is 7.25 Å². The lowest BCUT2D eigenvalue weighted by molar-refractivity contribution is -0.538. The van der Waals surface area contributed by atoms with Crippen LogP contribution in [0.25, 0.3) is 0 Å². The molecule has 2 nitrogen and oxygen atoms in total. The van der Waals surface area contributed by atoms with Gasteiger partial charge in [-0.05, 0) is 6.42 Å². The van der Waals surface area contributed by atoms with Gasteiger partial charge < -0.3 is 17.3 Å². The van der Waals surface area contributed by atoms with Crippen LogP contribution in [0.2, 0.25) is 0 Å². The first-order chi connectivity index (χ1) is 10.3. The average molecular weight is 317 g/mol. The van der Waals surface area contributed by atoms with E-state index in [2.05, 4.69) is 11.5 Å². The SMILES string of the molecule is CC(CC(=O)c1ccccc1)=[N+]1CCCCC1.F[B-](F)(F)F. The Morgan fingerprint density at radius 2 is 1.55 bits per heavy atom. The third-order valence-electron chi connectivity index (χ3n) is 3.41. The molecule has 1 fully saturated rings. The van der Waals surface area contributed by atoms with Crippen LogP contribution in [0, 0.1) is 0 Å². The molecule has 122 valence electrons. The number of rotatable bonds is 3. The summed E-state index contributed by atoms with van der Waals surface area (Å²) in [5, 5.41) is 0. The van der Waals surface area contributed by atoms with Gasteiger partial charge in [0.15, 0.2) is 11.5 Å². The molecule has 0 radical (unpaired) electrons. The molecule has 0 aromatic heterocycles. The fourth-order valence-electron chi connectivity index (χ4n) is 2.35. The Balaban J connectivity index is 0.000000422. The van der Waals surface area contributed by atoms with Gasteiger partial charge in [0.1, 0.15) is 13.1 Å². The molecule has 2 rings (SSSR count). The minimum Gasteiger partial charge on any atom is -0.418 e. The summed E-state index contributed by atoms with van der Waals surface area (Å²) in [6.45, 7) is 4.33. The highest BCUT2D eigenvalue weighted by molar-refractivity contribution is 6.50. The normalized spacial score (nSPS) is 14.9. The Hall–Kier alpha value is -1.66. The molecule has 0 spiro atoms. The van der Waals surface area contributed by atoms with Crippen LogP contribution < -0.4 is 0 Å². The van der Waals surface area contributed by atoms with Gasteiger partial charge in [-0.2, -0.15) is 0 Å². The summed E-state index contributed by atoms with van der Waals surface area (Å²) in [4.78, 5) is 12.1. The number of benzene rings is 1. The van der Waals surface area contributed by atoms with E-state index in [1.807, 2.05) is 30.3 Å². The van der Waals surface area contributed by atoms with Crippen LogP contribution in [0.5, 0.6) is 0 Å². The third-order valence-corrected chi connectivity index (χ3v) is 3.41. The van der Waals surface area contributed by atoms with Crippen molar-refractivity contribution in [1.29, 1.82) is 0 Å². The third kappa shape index (κ3) is 7.95.